The van der Waals surface area contributed by atoms with Crippen molar-refractivity contribution in [1.82, 2.24) is 4.98 Å². The Kier molecular flexibility index (Phi) is 2.88. The number of hydrogen-bond acceptors (Lipinski definition) is 2. The highest BCUT2D eigenvalue weighted by atomic mass is 19.4. The van der Waals surface area contributed by atoms with Gasteiger partial charge in [0.2, 0.25) is 0 Å². The molecule has 0 saturated heterocycles. The summed E-state index contributed by atoms with van der Waals surface area (Å²) < 4.78 is 61.3. The van der Waals surface area contributed by atoms with Crippen molar-refractivity contribution in [2.75, 3.05) is 0 Å². The van der Waals surface area contributed by atoms with E-state index in [2.05, 4.69) is 4.98 Å². The Morgan fingerprint density at radius 2 is 1.93 bits per heavy atom. The van der Waals surface area contributed by atoms with Crippen LogP contribution in [0.25, 0.3) is 0 Å². The summed E-state index contributed by atoms with van der Waals surface area (Å²) >= 11 is 0. The molecule has 0 aliphatic carbocycles. The van der Waals surface area contributed by atoms with Gasteiger partial charge in [-0.15, -0.1) is 0 Å². The van der Waals surface area contributed by atoms with Crippen LogP contribution in [0.5, 0.6) is 0 Å². The number of rotatable bonds is 1. The molecule has 7 heteroatoms. The molecule has 0 bridgehead atoms. The zero-order chi connectivity index (χ0) is 11.6. The van der Waals surface area contributed by atoms with E-state index in [-0.39, 0.29) is 0 Å². The molecule has 0 N–H and O–H groups in total. The molecule has 0 aliphatic rings. The lowest BCUT2D eigenvalue weighted by Crippen LogP contribution is -2.13. The average molecular weight is 222 g/mol. The Balaban J connectivity index is 3.48. The van der Waals surface area contributed by atoms with Gasteiger partial charge < -0.3 is 0 Å². The minimum absolute atomic E-state index is 0.674. The number of pyridine rings is 1. The Labute approximate surface area is 81.0 Å². The summed E-state index contributed by atoms with van der Waals surface area (Å²) in [5.74, 6) is 0. The largest absolute Gasteiger partial charge is 0.433 e. The highest BCUT2D eigenvalue weighted by Gasteiger charge is 2.38. The van der Waals surface area contributed by atoms with Crippen molar-refractivity contribution in [3.05, 3.63) is 29.1 Å². The highest BCUT2D eigenvalue weighted by Crippen LogP contribution is 2.36. The molecule has 1 aromatic rings. The molecule has 15 heavy (non-hydrogen) atoms. The van der Waals surface area contributed by atoms with Gasteiger partial charge in [-0.05, 0) is 6.07 Å². The smallest absolute Gasteiger partial charge is 0.251 e. The third kappa shape index (κ3) is 2.21. The third-order valence-electron chi connectivity index (χ3n) is 1.60. The summed E-state index contributed by atoms with van der Waals surface area (Å²) in [6.07, 6.45) is -7.70. The van der Waals surface area contributed by atoms with E-state index in [1.165, 1.54) is 6.07 Å². The maximum absolute atomic E-state index is 12.3. The monoisotopic (exact) mass is 222 g/mol. The molecule has 0 saturated carbocycles. The third-order valence-corrected chi connectivity index (χ3v) is 1.60. The van der Waals surface area contributed by atoms with E-state index >= 15 is 0 Å². The molecule has 1 rings (SSSR count). The standard InChI is InChI=1S/C8H3F5N2/c9-7(10)5-4(3-14)1-2-15-6(5)8(11,12)13/h1-2,7H. The molecule has 0 aromatic carbocycles. The van der Waals surface area contributed by atoms with Gasteiger partial charge in [-0.3, -0.25) is 4.98 Å². The lowest BCUT2D eigenvalue weighted by atomic mass is 10.1. The summed E-state index contributed by atoms with van der Waals surface area (Å²) in [5, 5.41) is 8.38. The van der Waals surface area contributed by atoms with Crippen molar-refractivity contribution in [2.24, 2.45) is 0 Å². The average Bonchev–Trinajstić information content (AvgIpc) is 2.15. The molecule has 0 radical (unpaired) electrons. The first kappa shape index (κ1) is 11.4. The van der Waals surface area contributed by atoms with Crippen LogP contribution in [-0.4, -0.2) is 4.98 Å². The normalized spacial score (nSPS) is 11.5. The second-order valence-electron chi connectivity index (χ2n) is 2.53. The molecular formula is C8H3F5N2. The minimum atomic E-state index is -4.99. The van der Waals surface area contributed by atoms with Crippen LogP contribution in [0.3, 0.4) is 0 Å². The van der Waals surface area contributed by atoms with Crippen molar-refractivity contribution >= 4 is 0 Å². The molecule has 0 fully saturated rings. The van der Waals surface area contributed by atoms with Gasteiger partial charge in [0.25, 0.3) is 6.43 Å². The van der Waals surface area contributed by atoms with E-state index in [0.717, 1.165) is 6.07 Å². The minimum Gasteiger partial charge on any atom is -0.251 e. The van der Waals surface area contributed by atoms with Gasteiger partial charge in [-0.1, -0.05) is 0 Å². The first-order valence-corrected chi connectivity index (χ1v) is 3.62. The van der Waals surface area contributed by atoms with Crippen LogP contribution in [-0.2, 0) is 6.18 Å². The number of hydrogen-bond donors (Lipinski definition) is 0. The Bertz CT molecular complexity index is 404. The second kappa shape index (κ2) is 3.81. The summed E-state index contributed by atoms with van der Waals surface area (Å²) in [6, 6.07) is 2.09. The van der Waals surface area contributed by atoms with E-state index in [0.29, 0.717) is 6.20 Å². The Morgan fingerprint density at radius 1 is 1.33 bits per heavy atom. The molecule has 2 nitrogen and oxygen atoms in total. The fraction of sp³-hybridized carbons (Fsp3) is 0.250. The maximum atomic E-state index is 12.3. The molecule has 0 unspecified atom stereocenters. The second-order valence-corrected chi connectivity index (χ2v) is 2.53. The van der Waals surface area contributed by atoms with Crippen molar-refractivity contribution in [3.8, 4) is 6.07 Å². The van der Waals surface area contributed by atoms with Gasteiger partial charge in [0.05, 0.1) is 17.2 Å². The molecule has 0 atom stereocenters. The Hall–Kier alpha value is -1.71. The molecule has 0 aliphatic heterocycles. The van der Waals surface area contributed by atoms with Crippen molar-refractivity contribution < 1.29 is 22.0 Å². The zero-order valence-corrected chi connectivity index (χ0v) is 7.02. The predicted molar refractivity (Wildman–Crippen MR) is 38.9 cm³/mol. The first-order chi connectivity index (χ1) is 6.88. The molecule has 0 spiro atoms. The van der Waals surface area contributed by atoms with Gasteiger partial charge in [-0.2, -0.15) is 18.4 Å². The summed E-state index contributed by atoms with van der Waals surface area (Å²) in [4.78, 5) is 2.82. The van der Waals surface area contributed by atoms with Gasteiger partial charge in [-0.25, -0.2) is 8.78 Å². The molecule has 1 aromatic heterocycles. The van der Waals surface area contributed by atoms with E-state index in [9.17, 15) is 22.0 Å². The molecular weight excluding hydrogens is 219 g/mol. The van der Waals surface area contributed by atoms with E-state index in [1.54, 1.807) is 0 Å². The summed E-state index contributed by atoms with van der Waals surface area (Å²) in [7, 11) is 0. The molecule has 0 amide bonds. The van der Waals surface area contributed by atoms with Crippen molar-refractivity contribution in [1.29, 1.82) is 5.26 Å². The fourth-order valence-electron chi connectivity index (χ4n) is 1.02. The number of alkyl halides is 5. The first-order valence-electron chi connectivity index (χ1n) is 3.62. The SMILES string of the molecule is N#Cc1ccnc(C(F)(F)F)c1C(F)F. The van der Waals surface area contributed by atoms with Crippen molar-refractivity contribution in [2.45, 2.75) is 12.6 Å². The number of halogens is 5. The fourth-order valence-corrected chi connectivity index (χ4v) is 1.02. The lowest BCUT2D eigenvalue weighted by molar-refractivity contribution is -0.143. The van der Waals surface area contributed by atoms with Crippen LogP contribution in [0.15, 0.2) is 12.3 Å². The van der Waals surface area contributed by atoms with Crippen LogP contribution in [0, 0.1) is 11.3 Å². The number of aromatic nitrogens is 1. The summed E-state index contributed by atoms with van der Waals surface area (Å²) in [5.41, 5.74) is -3.80. The maximum Gasteiger partial charge on any atom is 0.433 e. The number of nitriles is 1. The summed E-state index contributed by atoms with van der Waals surface area (Å²) in [6.45, 7) is 0. The highest BCUT2D eigenvalue weighted by molar-refractivity contribution is 5.41. The Morgan fingerprint density at radius 3 is 2.33 bits per heavy atom. The molecule has 80 valence electrons. The van der Waals surface area contributed by atoms with Crippen LogP contribution < -0.4 is 0 Å². The van der Waals surface area contributed by atoms with Gasteiger partial charge in [0.15, 0.2) is 5.69 Å². The van der Waals surface area contributed by atoms with Gasteiger partial charge in [0, 0.05) is 6.20 Å². The quantitative estimate of drug-likeness (QED) is 0.685. The van der Waals surface area contributed by atoms with Gasteiger partial charge >= 0.3 is 6.18 Å². The lowest BCUT2D eigenvalue weighted by Gasteiger charge is -2.11. The zero-order valence-electron chi connectivity index (χ0n) is 7.02. The van der Waals surface area contributed by atoms with Crippen LogP contribution in [0.4, 0.5) is 22.0 Å². The van der Waals surface area contributed by atoms with E-state index in [1.807, 2.05) is 0 Å². The van der Waals surface area contributed by atoms with Gasteiger partial charge in [0.1, 0.15) is 0 Å². The van der Waals surface area contributed by atoms with E-state index < -0.39 is 29.4 Å². The molecule has 1 heterocycles. The number of nitrogens with zero attached hydrogens (tertiary/aromatic N) is 2. The topological polar surface area (TPSA) is 36.7 Å². The van der Waals surface area contributed by atoms with Crippen LogP contribution in [0.1, 0.15) is 23.2 Å². The van der Waals surface area contributed by atoms with Crippen LogP contribution in [0.2, 0.25) is 0 Å². The van der Waals surface area contributed by atoms with Crippen LogP contribution >= 0.6 is 0 Å². The van der Waals surface area contributed by atoms with Crippen molar-refractivity contribution in [3.63, 3.8) is 0 Å². The van der Waals surface area contributed by atoms with E-state index in [4.69, 9.17) is 5.26 Å². The predicted octanol–water partition coefficient (Wildman–Crippen LogP) is 2.91.